The summed E-state index contributed by atoms with van der Waals surface area (Å²) in [5.74, 6) is 60.0. The molecular formula is C58H97NO6. The van der Waals surface area contributed by atoms with Crippen LogP contribution < -0.4 is 5.32 Å². The number of aliphatic hydroxyl groups is 1. The molecule has 0 radical (unpaired) electrons. The summed E-state index contributed by atoms with van der Waals surface area (Å²) in [7, 11) is 0. The molecule has 7 atom stereocenters. The zero-order valence-corrected chi connectivity index (χ0v) is 37.5. The van der Waals surface area contributed by atoms with Gasteiger partial charge in [0.05, 0.1) is 44.7 Å². The predicted octanol–water partition coefficient (Wildman–Crippen LogP) is 11.6. The van der Waals surface area contributed by atoms with Crippen molar-refractivity contribution < 1.29 is 63.1 Å². The van der Waals surface area contributed by atoms with Gasteiger partial charge in [-0.1, -0.05) is 113 Å². The van der Waals surface area contributed by atoms with Gasteiger partial charge in [0.1, 0.15) is 6.10 Å². The van der Waals surface area contributed by atoms with E-state index in [1.165, 1.54) is 0 Å². The fourth-order valence-corrected chi connectivity index (χ4v) is 5.55. The Morgan fingerprint density at radius 2 is 1.15 bits per heavy atom. The minimum absolute atomic E-state index is 0. The van der Waals surface area contributed by atoms with E-state index in [1.807, 2.05) is 66.7 Å². The van der Waals surface area contributed by atoms with E-state index in [9.17, 15) is 9.90 Å². The summed E-state index contributed by atoms with van der Waals surface area (Å²) in [5.41, 5.74) is 2.07. The maximum atomic E-state index is 13.0. The molecule has 7 nitrogen and oxygen atoms in total. The van der Waals surface area contributed by atoms with Crippen molar-refractivity contribution in [3.05, 3.63) is 83.9 Å². The zero-order chi connectivity index (χ0) is 46.8. The van der Waals surface area contributed by atoms with Crippen molar-refractivity contribution in [1.82, 2.24) is 5.32 Å². The molecule has 1 fully saturated rings. The highest BCUT2D eigenvalue weighted by Gasteiger charge is 2.43. The maximum Gasteiger partial charge on any atom is 0.297 e. The third kappa shape index (κ3) is 23.3. The van der Waals surface area contributed by atoms with Crippen LogP contribution in [0, 0.1) is 159 Å². The number of carbonyl (C=O) groups excluding carboxylic acids is 1. The summed E-state index contributed by atoms with van der Waals surface area (Å²) in [6, 6.07) is 18.9. The third-order valence-electron chi connectivity index (χ3n) is 9.04. The van der Waals surface area contributed by atoms with Crippen LogP contribution in [-0.2, 0) is 37.0 Å². The van der Waals surface area contributed by atoms with Crippen LogP contribution in [0.4, 0.5) is 0 Å². The third-order valence-corrected chi connectivity index (χ3v) is 9.04. The molecule has 0 aromatic heterocycles. The number of rotatable bonds is 14. The molecule has 1 amide bonds. The van der Waals surface area contributed by atoms with E-state index in [0.29, 0.717) is 26.2 Å². The lowest BCUT2D eigenvalue weighted by Crippen LogP contribution is -2.54. The Labute approximate surface area is 422 Å². The molecular weight excluding hydrogens is 807 g/mol. The van der Waals surface area contributed by atoms with Crippen molar-refractivity contribution in [2.75, 3.05) is 13.2 Å². The Kier molecular flexibility index (Phi) is 24.6. The van der Waals surface area contributed by atoms with E-state index < -0.39 is 30.4 Å². The summed E-state index contributed by atoms with van der Waals surface area (Å²) in [4.78, 5) is 13.0. The van der Waals surface area contributed by atoms with Crippen LogP contribution in [0.25, 0.3) is 0 Å². The van der Waals surface area contributed by atoms with Crippen molar-refractivity contribution in [1.29, 1.82) is 0 Å². The van der Waals surface area contributed by atoms with Gasteiger partial charge < -0.3 is 29.4 Å². The molecule has 2 aromatic carbocycles. The maximum absolute atomic E-state index is 13.0. The highest BCUT2D eigenvalue weighted by molar-refractivity contribution is 5.94. The molecule has 2 N–H and O–H groups in total. The van der Waals surface area contributed by atoms with Gasteiger partial charge in [0.25, 0.3) is 5.91 Å². The minimum atomic E-state index is -1.10. The topological polar surface area (TPSA) is 86.3 Å². The first-order valence-electron chi connectivity index (χ1n) is 20.7. The molecule has 2 aromatic rings. The lowest BCUT2D eigenvalue weighted by molar-refractivity contribution is -0.291. The van der Waals surface area contributed by atoms with E-state index in [-0.39, 0.29) is 64.2 Å². The van der Waals surface area contributed by atoms with Gasteiger partial charge in [0.2, 0.25) is 0 Å². The molecule has 0 spiro atoms. The fraction of sp³-hybridized carbons (Fsp3) is 0.328. The monoisotopic (exact) mass is 904 g/mol. The number of benzene rings is 2. The largest absolute Gasteiger partial charge is 0.387 e. The highest BCUT2D eigenvalue weighted by atomic mass is 16.7. The first-order chi connectivity index (χ1) is 31.6. The molecule has 3 rings (SSSR count). The number of aliphatic hydroxyl groups excluding tert-OH is 1. The second-order valence-electron chi connectivity index (χ2n) is 15.2. The Morgan fingerprint density at radius 1 is 0.692 bits per heavy atom. The van der Waals surface area contributed by atoms with Gasteiger partial charge in [0.15, 0.2) is 6.29 Å². The minimum Gasteiger partial charge on any atom is -0.387 e. The standard InChI is InChI=1S/C58H49NO6.24H2/c1-7-8-9-10-11-12-13-14-15-16-17-18-19-20-21-22-23-24-25-26-27-28-35-42-55(61)59-52(53(60)41-36-43-58(4,5)6)46-64-57-56(63-45-51-39-33-30-34-40-51)49(3)48(2)54(65-57)47-62-44-50-37-31-29-32-38-50;;;;;;;;;;;;;;;;;;;;;;;;/h29-34,36-41,48-49,52-54,56-57,60H,43-47H2,1-6H3,(H,59,61);24*1H/b41-36+;;;;;;;;;;;;;;;;;;;;;;;;/t48-,49+,52+,53-,54?,56?,57+;;;;;;;;;;;;;;;;;;;;;;;;/m1......................../s1. The molecule has 0 saturated carbocycles. The molecule has 0 aliphatic carbocycles. The van der Waals surface area contributed by atoms with Gasteiger partial charge in [-0.15, -0.1) is 0 Å². The van der Waals surface area contributed by atoms with Gasteiger partial charge in [-0.05, 0) is 136 Å². The van der Waals surface area contributed by atoms with Crippen LogP contribution in [0.1, 0.15) is 93.3 Å². The van der Waals surface area contributed by atoms with Crippen LogP contribution in [-0.4, -0.2) is 54.9 Å². The van der Waals surface area contributed by atoms with E-state index in [4.69, 9.17) is 18.9 Å². The Hall–Kier alpha value is -7.83. The second-order valence-corrected chi connectivity index (χ2v) is 15.2. The first-order valence-corrected chi connectivity index (χ1v) is 20.7. The quantitative estimate of drug-likeness (QED) is 0.145. The summed E-state index contributed by atoms with van der Waals surface area (Å²) in [5, 5.41) is 14.1. The first kappa shape index (κ1) is 51.5. The van der Waals surface area contributed by atoms with Crippen LogP contribution in [0.5, 0.6) is 0 Å². The smallest absolute Gasteiger partial charge is 0.297 e. The van der Waals surface area contributed by atoms with E-state index in [0.717, 1.165) is 11.1 Å². The van der Waals surface area contributed by atoms with Crippen LogP contribution >= 0.6 is 0 Å². The van der Waals surface area contributed by atoms with Gasteiger partial charge in [0, 0.05) is 75.7 Å². The second kappa shape index (κ2) is 31.1. The van der Waals surface area contributed by atoms with Crippen molar-refractivity contribution in [3.63, 3.8) is 0 Å². The number of allylic oxidation sites excluding steroid dienone is 1. The highest BCUT2D eigenvalue weighted by Crippen LogP contribution is 2.34. The number of nitrogens with one attached hydrogen (secondary N) is 1. The van der Waals surface area contributed by atoms with Gasteiger partial charge in [-0.25, -0.2) is 0 Å². The molecule has 0 bridgehead atoms. The molecule has 1 aliphatic heterocycles. The van der Waals surface area contributed by atoms with E-state index >= 15 is 0 Å². The van der Waals surface area contributed by atoms with Gasteiger partial charge in [-0.3, -0.25) is 4.79 Å². The molecule has 1 saturated heterocycles. The van der Waals surface area contributed by atoms with E-state index in [1.54, 1.807) is 13.0 Å². The number of carbonyl (C=O) groups is 1. The SMILES string of the molecule is CC#CC#CC#CC#CC#CC#CC#CC#CC#CC#CC#CC#CC(=O)N[C@@H](CO[C@H]1OC(COCc2ccccc2)[C@H](C)[C@H](C)C1OCc1ccccc1)[C@H](O)/C=C/CC(C)(C)C.[HH].[HH].[HH].[HH].[HH].[HH].[HH].[HH].[HH].[HH].[HH].[HH].[HH].[HH].[HH].[HH].[HH].[HH].[HH].[HH].[HH].[HH].[HH].[HH]. The van der Waals surface area contributed by atoms with Crippen molar-refractivity contribution in [2.45, 2.75) is 91.8 Å². The van der Waals surface area contributed by atoms with Crippen LogP contribution in [0.15, 0.2) is 72.8 Å². The molecule has 1 heterocycles. The number of hydrogen-bond acceptors (Lipinski definition) is 6. The van der Waals surface area contributed by atoms with Crippen molar-refractivity contribution in [2.24, 2.45) is 17.3 Å². The summed E-state index contributed by atoms with van der Waals surface area (Å²) in [6.45, 7) is 13.3. The number of hydrogen-bond donors (Lipinski definition) is 2. The molecule has 7 heteroatoms. The molecule has 370 valence electrons. The van der Waals surface area contributed by atoms with Crippen LogP contribution in [0.3, 0.4) is 0 Å². The average molecular weight is 904 g/mol. The number of amides is 1. The molecule has 65 heavy (non-hydrogen) atoms. The summed E-state index contributed by atoms with van der Waals surface area (Å²) >= 11 is 0. The molecule has 1 aliphatic rings. The Balaban J connectivity index is -0.0000000935. The summed E-state index contributed by atoms with van der Waals surface area (Å²) < 4.78 is 25.6. The Morgan fingerprint density at radius 3 is 1.63 bits per heavy atom. The van der Waals surface area contributed by atoms with Gasteiger partial charge in [-0.2, -0.15) is 0 Å². The zero-order valence-electron chi connectivity index (χ0n) is 37.5. The van der Waals surface area contributed by atoms with Crippen LogP contribution in [0.2, 0.25) is 0 Å². The Bertz CT molecular complexity index is 2800. The summed E-state index contributed by atoms with van der Waals surface area (Å²) in [6.07, 6.45) is 1.58. The van der Waals surface area contributed by atoms with Gasteiger partial charge >= 0.3 is 0 Å². The number of ether oxygens (including phenoxy) is 4. The lowest BCUT2D eigenvalue weighted by atomic mass is 9.83. The molecule has 2 unspecified atom stereocenters. The fourth-order valence-electron chi connectivity index (χ4n) is 5.55. The predicted molar refractivity (Wildman–Crippen MR) is 305 cm³/mol. The van der Waals surface area contributed by atoms with Crippen molar-refractivity contribution >= 4 is 5.91 Å². The lowest BCUT2D eigenvalue weighted by Gasteiger charge is -2.44. The van der Waals surface area contributed by atoms with E-state index in [2.05, 4.69) is 182 Å². The average Bonchev–Trinajstić information content (AvgIpc) is 3.29. The normalized spacial score (nSPS) is 17.1. The van der Waals surface area contributed by atoms with Crippen molar-refractivity contribution in [3.8, 4) is 142 Å².